The van der Waals surface area contributed by atoms with Crippen molar-refractivity contribution in [2.75, 3.05) is 26.4 Å². The van der Waals surface area contributed by atoms with Crippen LogP contribution in [0.1, 0.15) is 91.4 Å². The highest BCUT2D eigenvalue weighted by Gasteiger charge is 2.59. The van der Waals surface area contributed by atoms with Crippen molar-refractivity contribution in [3.8, 4) is 0 Å². The van der Waals surface area contributed by atoms with Gasteiger partial charge in [-0.2, -0.15) is 0 Å². The summed E-state index contributed by atoms with van der Waals surface area (Å²) >= 11 is 0. The van der Waals surface area contributed by atoms with Gasteiger partial charge in [0.1, 0.15) is 0 Å². The Labute approximate surface area is 184 Å². The maximum absolute atomic E-state index is 12.3. The third-order valence-electron chi connectivity index (χ3n) is 9.81. The molecule has 0 heterocycles. The van der Waals surface area contributed by atoms with Crippen molar-refractivity contribution in [3.63, 3.8) is 0 Å². The van der Waals surface area contributed by atoms with Crippen LogP contribution in [0.5, 0.6) is 0 Å². The van der Waals surface area contributed by atoms with Crippen molar-refractivity contribution in [2.24, 2.45) is 34.5 Å². The molecule has 0 aromatic carbocycles. The molecular weight excluding hydrogens is 372 g/mol. The van der Waals surface area contributed by atoms with Crippen molar-refractivity contribution >= 4 is 5.78 Å². The van der Waals surface area contributed by atoms with Gasteiger partial charge in [0.05, 0.1) is 0 Å². The normalized spacial score (nSPS) is 40.5. The average molecular weight is 417 g/mol. The van der Waals surface area contributed by atoms with Crippen LogP contribution in [0.3, 0.4) is 0 Å². The van der Waals surface area contributed by atoms with E-state index < -0.39 is 0 Å². The second-order valence-corrected chi connectivity index (χ2v) is 10.8. The molecule has 6 atom stereocenters. The Morgan fingerprint density at radius 3 is 2.57 bits per heavy atom. The monoisotopic (exact) mass is 416 g/mol. The van der Waals surface area contributed by atoms with E-state index in [-0.39, 0.29) is 0 Å². The summed E-state index contributed by atoms with van der Waals surface area (Å²) < 4.78 is 11.4. The summed E-state index contributed by atoms with van der Waals surface area (Å²) in [6, 6.07) is 0. The van der Waals surface area contributed by atoms with Gasteiger partial charge in [-0.15, -0.1) is 0 Å². The first-order valence-corrected chi connectivity index (χ1v) is 12.9. The standard InChI is InChI=1S/C27H44O3/c1-4-29-17-6-14-27-16-11-22(28)19-21(27)7-9-23-24-10-8-20(13-18-30-5-2)26(24,3)15-12-25(23)27/h19-20,23-25H,4-18H2,1-3H3/t20?,23-,24-,25+,26+,27-/m0/s1. The molecule has 3 nitrogen and oxygen atoms in total. The highest BCUT2D eigenvalue weighted by atomic mass is 16.5. The van der Waals surface area contributed by atoms with Gasteiger partial charge in [-0.1, -0.05) is 12.5 Å². The van der Waals surface area contributed by atoms with E-state index in [0.717, 1.165) is 75.8 Å². The summed E-state index contributed by atoms with van der Waals surface area (Å²) in [5.41, 5.74) is 2.32. The maximum Gasteiger partial charge on any atom is 0.155 e. The molecule has 3 fully saturated rings. The van der Waals surface area contributed by atoms with Crippen molar-refractivity contribution in [1.82, 2.24) is 0 Å². The Kier molecular flexibility index (Phi) is 7.09. The van der Waals surface area contributed by atoms with Gasteiger partial charge in [0.2, 0.25) is 0 Å². The van der Waals surface area contributed by atoms with Gasteiger partial charge in [0.25, 0.3) is 0 Å². The number of rotatable bonds is 9. The fourth-order valence-corrected chi connectivity index (χ4v) is 8.42. The first kappa shape index (κ1) is 22.5. The molecule has 4 rings (SSSR count). The molecule has 170 valence electrons. The Morgan fingerprint density at radius 1 is 0.967 bits per heavy atom. The van der Waals surface area contributed by atoms with Crippen LogP contribution in [-0.4, -0.2) is 32.2 Å². The number of hydrogen-bond donors (Lipinski definition) is 0. The van der Waals surface area contributed by atoms with E-state index in [1.807, 2.05) is 0 Å². The molecule has 0 saturated heterocycles. The Bertz CT molecular complexity index is 640. The van der Waals surface area contributed by atoms with Crippen LogP contribution in [0.25, 0.3) is 0 Å². The lowest BCUT2D eigenvalue weighted by molar-refractivity contribution is -0.118. The minimum atomic E-state index is 0.290. The van der Waals surface area contributed by atoms with Gasteiger partial charge in [-0.3, -0.25) is 4.79 Å². The van der Waals surface area contributed by atoms with Crippen LogP contribution in [0, 0.1) is 34.5 Å². The lowest BCUT2D eigenvalue weighted by Crippen LogP contribution is -2.51. The molecule has 0 N–H and O–H groups in total. The third-order valence-corrected chi connectivity index (χ3v) is 9.81. The van der Waals surface area contributed by atoms with E-state index in [9.17, 15) is 4.79 Å². The summed E-state index contributed by atoms with van der Waals surface area (Å²) in [4.78, 5) is 12.3. The van der Waals surface area contributed by atoms with Crippen molar-refractivity contribution in [1.29, 1.82) is 0 Å². The predicted octanol–water partition coefficient (Wildman–Crippen LogP) is 6.36. The zero-order valence-corrected chi connectivity index (χ0v) is 19.7. The second-order valence-electron chi connectivity index (χ2n) is 10.8. The smallest absolute Gasteiger partial charge is 0.155 e. The van der Waals surface area contributed by atoms with E-state index in [2.05, 4.69) is 26.8 Å². The molecule has 3 heteroatoms. The zero-order chi connectivity index (χ0) is 21.2. The van der Waals surface area contributed by atoms with E-state index in [4.69, 9.17) is 9.47 Å². The maximum atomic E-state index is 12.3. The molecule has 0 bridgehead atoms. The van der Waals surface area contributed by atoms with Crippen LogP contribution in [0.15, 0.2) is 11.6 Å². The van der Waals surface area contributed by atoms with Crippen LogP contribution >= 0.6 is 0 Å². The quantitative estimate of drug-likeness (QED) is 0.410. The van der Waals surface area contributed by atoms with Crippen LogP contribution < -0.4 is 0 Å². The molecule has 0 aromatic rings. The molecule has 3 saturated carbocycles. The number of allylic oxidation sites excluding steroid dienone is 1. The van der Waals surface area contributed by atoms with Gasteiger partial charge in [-0.25, -0.2) is 0 Å². The Morgan fingerprint density at radius 2 is 1.77 bits per heavy atom. The van der Waals surface area contributed by atoms with Crippen molar-refractivity contribution in [3.05, 3.63) is 11.6 Å². The van der Waals surface area contributed by atoms with Crippen molar-refractivity contribution < 1.29 is 14.3 Å². The second kappa shape index (κ2) is 9.45. The van der Waals surface area contributed by atoms with Gasteiger partial charge in [0, 0.05) is 32.8 Å². The van der Waals surface area contributed by atoms with E-state index in [1.165, 1.54) is 50.5 Å². The molecule has 4 aliphatic carbocycles. The fourth-order valence-electron chi connectivity index (χ4n) is 8.42. The third kappa shape index (κ3) is 3.94. The summed E-state index contributed by atoms with van der Waals surface area (Å²) in [5, 5.41) is 0. The van der Waals surface area contributed by atoms with E-state index in [0.29, 0.717) is 16.6 Å². The first-order chi connectivity index (χ1) is 14.5. The number of ketones is 1. The van der Waals surface area contributed by atoms with Crippen LogP contribution in [0.2, 0.25) is 0 Å². The summed E-state index contributed by atoms with van der Waals surface area (Å²) in [7, 11) is 0. The molecule has 0 spiro atoms. The largest absolute Gasteiger partial charge is 0.382 e. The van der Waals surface area contributed by atoms with Crippen LogP contribution in [0.4, 0.5) is 0 Å². The molecule has 1 unspecified atom stereocenters. The molecule has 0 aromatic heterocycles. The molecule has 4 aliphatic rings. The van der Waals surface area contributed by atoms with Gasteiger partial charge < -0.3 is 9.47 Å². The lowest BCUT2D eigenvalue weighted by Gasteiger charge is -2.59. The van der Waals surface area contributed by atoms with Gasteiger partial charge in [-0.05, 0) is 119 Å². The average Bonchev–Trinajstić information content (AvgIpc) is 3.08. The minimum absolute atomic E-state index is 0.290. The Balaban J connectivity index is 1.54. The molecule has 0 aliphatic heterocycles. The van der Waals surface area contributed by atoms with Crippen molar-refractivity contribution in [2.45, 2.75) is 91.4 Å². The molecular formula is C27H44O3. The highest BCUT2D eigenvalue weighted by Crippen LogP contribution is 2.68. The fraction of sp³-hybridized carbons (Fsp3) is 0.889. The highest BCUT2D eigenvalue weighted by molar-refractivity contribution is 5.91. The summed E-state index contributed by atoms with van der Waals surface area (Å²) in [6.07, 6.45) is 15.6. The predicted molar refractivity (Wildman–Crippen MR) is 121 cm³/mol. The lowest BCUT2D eigenvalue weighted by atomic mass is 9.45. The number of ether oxygens (including phenoxy) is 2. The van der Waals surface area contributed by atoms with E-state index >= 15 is 0 Å². The zero-order valence-electron chi connectivity index (χ0n) is 19.7. The van der Waals surface area contributed by atoms with Gasteiger partial charge >= 0.3 is 0 Å². The molecule has 30 heavy (non-hydrogen) atoms. The minimum Gasteiger partial charge on any atom is -0.382 e. The van der Waals surface area contributed by atoms with Gasteiger partial charge in [0.15, 0.2) is 5.78 Å². The SMILES string of the molecule is CCOCCC[C@]12CCC(=O)C=C1CC[C@@H]1[C@H]2CC[C@]2(C)C(CCOCC)CC[C@@H]12. The molecule has 0 amide bonds. The first-order valence-electron chi connectivity index (χ1n) is 12.9. The number of fused-ring (bicyclic) bond motifs is 5. The summed E-state index contributed by atoms with van der Waals surface area (Å²) in [5.74, 6) is 3.75. The summed E-state index contributed by atoms with van der Waals surface area (Å²) in [6.45, 7) is 10.3. The Hall–Kier alpha value is -0.670. The number of carbonyl (C=O) groups excluding carboxylic acids is 1. The topological polar surface area (TPSA) is 35.5 Å². The van der Waals surface area contributed by atoms with Crippen LogP contribution in [-0.2, 0) is 14.3 Å². The number of carbonyl (C=O) groups is 1. The number of hydrogen-bond acceptors (Lipinski definition) is 3. The van der Waals surface area contributed by atoms with E-state index in [1.54, 1.807) is 0 Å². The molecule has 0 radical (unpaired) electrons.